The van der Waals surface area contributed by atoms with Crippen molar-refractivity contribution in [3.8, 4) is 5.75 Å². The Hall–Kier alpha value is -1.17. The third-order valence-corrected chi connectivity index (χ3v) is 4.24. The summed E-state index contributed by atoms with van der Waals surface area (Å²) < 4.78 is 10.8. The molecule has 118 valence electrons. The van der Waals surface area contributed by atoms with Gasteiger partial charge in [-0.2, -0.15) is 0 Å². The predicted octanol–water partition coefficient (Wildman–Crippen LogP) is 1.85. The molecular formula is C16H27N3O2. The Morgan fingerprint density at radius 2 is 2.10 bits per heavy atom. The van der Waals surface area contributed by atoms with Gasteiger partial charge in [0.15, 0.2) is 0 Å². The fraction of sp³-hybridized carbons (Fsp3) is 0.688. The van der Waals surface area contributed by atoms with E-state index in [-0.39, 0.29) is 11.6 Å². The summed E-state index contributed by atoms with van der Waals surface area (Å²) in [5.41, 5.74) is 1.14. The predicted molar refractivity (Wildman–Crippen MR) is 83.7 cm³/mol. The van der Waals surface area contributed by atoms with E-state index in [1.54, 1.807) is 13.3 Å². The molecule has 1 aliphatic heterocycles. The summed E-state index contributed by atoms with van der Waals surface area (Å²) in [5, 5.41) is 3.61. The number of methoxy groups -OCH3 is 1. The third-order valence-electron chi connectivity index (χ3n) is 4.24. The lowest BCUT2D eigenvalue weighted by atomic mass is 9.87. The lowest BCUT2D eigenvalue weighted by Crippen LogP contribution is -2.56. The fourth-order valence-corrected chi connectivity index (χ4v) is 3.01. The average molecular weight is 293 g/mol. The van der Waals surface area contributed by atoms with E-state index in [4.69, 9.17) is 9.47 Å². The molecule has 2 rings (SSSR count). The van der Waals surface area contributed by atoms with Gasteiger partial charge in [-0.05, 0) is 32.0 Å². The van der Waals surface area contributed by atoms with E-state index in [2.05, 4.69) is 42.0 Å². The van der Waals surface area contributed by atoms with Gasteiger partial charge in [-0.1, -0.05) is 6.92 Å². The van der Waals surface area contributed by atoms with Crippen LogP contribution in [0, 0.1) is 0 Å². The van der Waals surface area contributed by atoms with Gasteiger partial charge in [-0.15, -0.1) is 0 Å². The number of nitrogens with one attached hydrogen (secondary N) is 1. The highest BCUT2D eigenvalue weighted by molar-refractivity contribution is 5.28. The van der Waals surface area contributed by atoms with Crippen molar-refractivity contribution in [1.82, 2.24) is 15.2 Å². The highest BCUT2D eigenvalue weighted by Crippen LogP contribution is 2.32. The second-order valence-electron chi connectivity index (χ2n) is 5.90. The van der Waals surface area contributed by atoms with Gasteiger partial charge < -0.3 is 14.8 Å². The summed E-state index contributed by atoms with van der Waals surface area (Å²) in [4.78, 5) is 6.80. The van der Waals surface area contributed by atoms with Gasteiger partial charge in [0.1, 0.15) is 5.75 Å². The highest BCUT2D eigenvalue weighted by Gasteiger charge is 2.37. The molecular weight excluding hydrogens is 266 g/mol. The molecule has 2 heterocycles. The van der Waals surface area contributed by atoms with Crippen molar-refractivity contribution in [2.24, 2.45) is 0 Å². The van der Waals surface area contributed by atoms with Crippen LogP contribution in [0.25, 0.3) is 0 Å². The zero-order valence-corrected chi connectivity index (χ0v) is 13.6. The summed E-state index contributed by atoms with van der Waals surface area (Å²) in [6, 6.07) is 2.27. The lowest BCUT2D eigenvalue weighted by Gasteiger charge is -2.46. The minimum atomic E-state index is -0.0200. The second kappa shape index (κ2) is 7.20. The topological polar surface area (TPSA) is 46.6 Å². The van der Waals surface area contributed by atoms with Gasteiger partial charge in [0, 0.05) is 24.8 Å². The minimum Gasteiger partial charge on any atom is -0.495 e. The maximum Gasteiger partial charge on any atom is 0.137 e. The number of nitrogens with zero attached hydrogens (tertiary/aromatic N) is 2. The Morgan fingerprint density at radius 3 is 2.71 bits per heavy atom. The molecule has 0 saturated carbocycles. The quantitative estimate of drug-likeness (QED) is 0.867. The molecule has 1 atom stereocenters. The van der Waals surface area contributed by atoms with Crippen molar-refractivity contribution in [1.29, 1.82) is 0 Å². The molecule has 0 spiro atoms. The van der Waals surface area contributed by atoms with Crippen molar-refractivity contribution >= 4 is 0 Å². The molecule has 0 bridgehead atoms. The van der Waals surface area contributed by atoms with Crippen LogP contribution < -0.4 is 10.1 Å². The van der Waals surface area contributed by atoms with Crippen LogP contribution in [0.1, 0.15) is 32.4 Å². The van der Waals surface area contributed by atoms with Crippen LogP contribution >= 0.6 is 0 Å². The van der Waals surface area contributed by atoms with Crippen molar-refractivity contribution in [3.05, 3.63) is 24.0 Å². The number of ether oxygens (including phenoxy) is 2. The molecule has 1 aromatic heterocycles. The first-order chi connectivity index (χ1) is 10.1. The largest absolute Gasteiger partial charge is 0.495 e. The van der Waals surface area contributed by atoms with Crippen LogP contribution in [-0.4, -0.2) is 55.4 Å². The Kier molecular flexibility index (Phi) is 5.56. The van der Waals surface area contributed by atoms with Crippen LogP contribution in [0.4, 0.5) is 0 Å². The van der Waals surface area contributed by atoms with Crippen LogP contribution in [0.2, 0.25) is 0 Å². The normalized spacial score (nSPS) is 18.5. The van der Waals surface area contributed by atoms with Crippen LogP contribution in [0.3, 0.4) is 0 Å². The molecule has 0 amide bonds. The summed E-state index contributed by atoms with van der Waals surface area (Å²) in [6.45, 7) is 11.2. The molecule has 0 aliphatic carbocycles. The fourth-order valence-electron chi connectivity index (χ4n) is 3.01. The smallest absolute Gasteiger partial charge is 0.137 e. The maximum atomic E-state index is 5.48. The zero-order valence-electron chi connectivity index (χ0n) is 13.6. The van der Waals surface area contributed by atoms with E-state index in [9.17, 15) is 0 Å². The zero-order chi connectivity index (χ0) is 15.3. The summed E-state index contributed by atoms with van der Waals surface area (Å²) in [7, 11) is 1.68. The summed E-state index contributed by atoms with van der Waals surface area (Å²) in [6.07, 6.45) is 3.67. The van der Waals surface area contributed by atoms with Crippen molar-refractivity contribution in [3.63, 3.8) is 0 Å². The molecule has 1 aromatic rings. The molecule has 1 aliphatic rings. The maximum absolute atomic E-state index is 5.48. The SMILES string of the molecule is CCNC(c1cncc(OC)c1)C(C)(C)N1CCOCC1. The van der Waals surface area contributed by atoms with E-state index in [1.165, 1.54) is 0 Å². The Labute approximate surface area is 127 Å². The molecule has 21 heavy (non-hydrogen) atoms. The first kappa shape index (κ1) is 16.2. The van der Waals surface area contributed by atoms with Crippen molar-refractivity contribution in [2.45, 2.75) is 32.4 Å². The van der Waals surface area contributed by atoms with E-state index < -0.39 is 0 Å². The number of pyridine rings is 1. The van der Waals surface area contributed by atoms with Gasteiger partial charge in [-0.25, -0.2) is 0 Å². The van der Waals surface area contributed by atoms with Crippen molar-refractivity contribution in [2.75, 3.05) is 40.0 Å². The van der Waals surface area contributed by atoms with Gasteiger partial charge >= 0.3 is 0 Å². The van der Waals surface area contributed by atoms with Gasteiger partial charge in [-0.3, -0.25) is 9.88 Å². The first-order valence-electron chi connectivity index (χ1n) is 7.64. The highest BCUT2D eigenvalue weighted by atomic mass is 16.5. The van der Waals surface area contributed by atoms with Crippen molar-refractivity contribution < 1.29 is 9.47 Å². The second-order valence-corrected chi connectivity index (χ2v) is 5.90. The Morgan fingerprint density at radius 1 is 1.38 bits per heavy atom. The van der Waals surface area contributed by atoms with E-state index in [1.807, 2.05) is 6.20 Å². The van der Waals surface area contributed by atoms with Gasteiger partial charge in [0.2, 0.25) is 0 Å². The number of hydrogen-bond donors (Lipinski definition) is 1. The molecule has 0 radical (unpaired) electrons. The van der Waals surface area contributed by atoms with Crippen LogP contribution in [0.15, 0.2) is 18.5 Å². The molecule has 1 N–H and O–H groups in total. The molecule has 1 unspecified atom stereocenters. The number of aromatic nitrogens is 1. The summed E-state index contributed by atoms with van der Waals surface area (Å²) in [5.74, 6) is 0.799. The van der Waals surface area contributed by atoms with E-state index in [0.717, 1.165) is 44.2 Å². The number of rotatable bonds is 6. The third kappa shape index (κ3) is 3.73. The standard InChI is InChI=1S/C16H27N3O2/c1-5-18-15(13-10-14(20-4)12-17-11-13)16(2,3)19-6-8-21-9-7-19/h10-12,15,18H,5-9H2,1-4H3. The average Bonchev–Trinajstić information content (AvgIpc) is 2.53. The van der Waals surface area contributed by atoms with Crippen LogP contribution in [0.5, 0.6) is 5.75 Å². The molecule has 5 nitrogen and oxygen atoms in total. The molecule has 1 saturated heterocycles. The molecule has 0 aromatic carbocycles. The number of likely N-dealkylation sites (N-methyl/N-ethyl adjacent to an activating group) is 1. The lowest BCUT2D eigenvalue weighted by molar-refractivity contribution is -0.0237. The Balaban J connectivity index is 2.27. The first-order valence-corrected chi connectivity index (χ1v) is 7.64. The van der Waals surface area contributed by atoms with E-state index in [0.29, 0.717) is 0 Å². The minimum absolute atomic E-state index is 0.0200. The Bertz CT molecular complexity index is 445. The van der Waals surface area contributed by atoms with Gasteiger partial charge in [0.25, 0.3) is 0 Å². The molecule has 1 fully saturated rings. The summed E-state index contributed by atoms with van der Waals surface area (Å²) >= 11 is 0. The number of morpholine rings is 1. The van der Waals surface area contributed by atoms with Crippen LogP contribution in [-0.2, 0) is 4.74 Å². The number of hydrogen-bond acceptors (Lipinski definition) is 5. The monoisotopic (exact) mass is 293 g/mol. The van der Waals surface area contributed by atoms with E-state index >= 15 is 0 Å². The van der Waals surface area contributed by atoms with Gasteiger partial charge in [0.05, 0.1) is 32.6 Å². The molecule has 5 heteroatoms.